The molecular weight excluding hydrogens is 308 g/mol. The number of hydrogen-bond donors (Lipinski definition) is 0. The van der Waals surface area contributed by atoms with Crippen molar-refractivity contribution in [2.24, 2.45) is 5.92 Å². The van der Waals surface area contributed by atoms with Gasteiger partial charge < -0.3 is 9.47 Å². The molecule has 1 aromatic carbocycles. The van der Waals surface area contributed by atoms with E-state index in [4.69, 9.17) is 21.1 Å². The van der Waals surface area contributed by atoms with Gasteiger partial charge >= 0.3 is 11.9 Å². The highest BCUT2D eigenvalue weighted by Gasteiger charge is 2.11. The second-order valence-electron chi connectivity index (χ2n) is 5.20. The van der Waals surface area contributed by atoms with Crippen LogP contribution in [0.1, 0.15) is 43.5 Å². The lowest BCUT2D eigenvalue weighted by atomic mass is 10.2. The fourth-order valence-corrected chi connectivity index (χ4v) is 1.77. The summed E-state index contributed by atoms with van der Waals surface area (Å²) in [6.45, 7) is 4.26. The van der Waals surface area contributed by atoms with Gasteiger partial charge in [-0.3, -0.25) is 14.4 Å². The minimum Gasteiger partial charge on any atom is -0.465 e. The van der Waals surface area contributed by atoms with Crippen LogP contribution in [0.2, 0.25) is 5.02 Å². The van der Waals surface area contributed by atoms with Crippen molar-refractivity contribution in [2.45, 2.75) is 33.1 Å². The number of carbonyl (C=O) groups is 3. The van der Waals surface area contributed by atoms with Crippen molar-refractivity contribution < 1.29 is 23.9 Å². The Bertz CT molecular complexity index is 539. The van der Waals surface area contributed by atoms with Crippen LogP contribution >= 0.6 is 11.6 Å². The first-order valence-corrected chi connectivity index (χ1v) is 7.41. The lowest BCUT2D eigenvalue weighted by molar-refractivity contribution is -0.145. The zero-order chi connectivity index (χ0) is 16.5. The molecule has 0 fully saturated rings. The number of ether oxygens (including phenoxy) is 2. The van der Waals surface area contributed by atoms with Gasteiger partial charge in [0.15, 0.2) is 6.29 Å². The van der Waals surface area contributed by atoms with E-state index in [2.05, 4.69) is 0 Å². The average Bonchev–Trinajstić information content (AvgIpc) is 2.47. The Hall–Kier alpha value is -1.88. The molecule has 6 heteroatoms. The van der Waals surface area contributed by atoms with Crippen LogP contribution in [-0.2, 0) is 14.3 Å². The van der Waals surface area contributed by atoms with Crippen molar-refractivity contribution >= 4 is 29.8 Å². The highest BCUT2D eigenvalue weighted by atomic mass is 35.5. The maximum atomic E-state index is 11.7. The van der Waals surface area contributed by atoms with Crippen LogP contribution in [-0.4, -0.2) is 24.8 Å². The first-order valence-electron chi connectivity index (χ1n) is 7.03. The van der Waals surface area contributed by atoms with Crippen molar-refractivity contribution in [3.63, 3.8) is 0 Å². The molecule has 5 nitrogen and oxygen atoms in total. The molecule has 0 radical (unpaired) electrons. The van der Waals surface area contributed by atoms with Crippen LogP contribution in [0.3, 0.4) is 0 Å². The standard InChI is InChI=1S/C16H19ClO5/c1-11(2)10-21-15(19)4-3-5-16(20)22-14-7-6-13(17)8-12(14)9-18/h6-9,11H,3-5,10H2,1-2H3. The molecule has 1 aromatic rings. The Morgan fingerprint density at radius 3 is 2.55 bits per heavy atom. The van der Waals surface area contributed by atoms with Crippen molar-refractivity contribution in [2.75, 3.05) is 6.61 Å². The first-order chi connectivity index (χ1) is 10.4. The van der Waals surface area contributed by atoms with Gasteiger partial charge in [-0.2, -0.15) is 0 Å². The molecule has 0 aromatic heterocycles. The molecule has 22 heavy (non-hydrogen) atoms. The van der Waals surface area contributed by atoms with Gasteiger partial charge in [-0.25, -0.2) is 0 Å². The molecule has 0 unspecified atom stereocenters. The van der Waals surface area contributed by atoms with Gasteiger partial charge in [-0.15, -0.1) is 0 Å². The lowest BCUT2D eigenvalue weighted by Gasteiger charge is -2.08. The average molecular weight is 327 g/mol. The minimum atomic E-state index is -0.512. The molecular formula is C16H19ClO5. The van der Waals surface area contributed by atoms with Crippen LogP contribution in [0.15, 0.2) is 18.2 Å². The lowest BCUT2D eigenvalue weighted by Crippen LogP contribution is -2.12. The van der Waals surface area contributed by atoms with Crippen LogP contribution in [0.5, 0.6) is 5.75 Å². The topological polar surface area (TPSA) is 69.7 Å². The molecule has 0 atom stereocenters. The Labute approximate surface area is 134 Å². The van der Waals surface area contributed by atoms with E-state index >= 15 is 0 Å². The number of esters is 2. The third kappa shape index (κ3) is 6.72. The molecule has 0 heterocycles. The van der Waals surface area contributed by atoms with Gasteiger partial charge in [-0.1, -0.05) is 25.4 Å². The summed E-state index contributed by atoms with van der Waals surface area (Å²) in [7, 11) is 0. The Morgan fingerprint density at radius 2 is 1.91 bits per heavy atom. The third-order valence-electron chi connectivity index (χ3n) is 2.66. The second kappa shape index (κ2) is 9.20. The molecule has 0 aliphatic carbocycles. The predicted octanol–water partition coefficient (Wildman–Crippen LogP) is 3.43. The van der Waals surface area contributed by atoms with Gasteiger partial charge in [-0.05, 0) is 30.5 Å². The molecule has 0 aliphatic heterocycles. The molecule has 120 valence electrons. The molecule has 0 N–H and O–H groups in total. The molecule has 0 spiro atoms. The molecule has 0 aliphatic rings. The van der Waals surface area contributed by atoms with E-state index in [0.717, 1.165) is 0 Å². The van der Waals surface area contributed by atoms with Gasteiger partial charge in [0.25, 0.3) is 0 Å². The zero-order valence-electron chi connectivity index (χ0n) is 12.6. The smallest absolute Gasteiger partial charge is 0.311 e. The Balaban J connectivity index is 2.38. The maximum absolute atomic E-state index is 11.7. The van der Waals surface area contributed by atoms with Crippen molar-refractivity contribution in [1.29, 1.82) is 0 Å². The third-order valence-corrected chi connectivity index (χ3v) is 2.90. The van der Waals surface area contributed by atoms with Gasteiger partial charge in [0.05, 0.1) is 12.2 Å². The predicted molar refractivity (Wildman–Crippen MR) is 82.1 cm³/mol. The fraction of sp³-hybridized carbons (Fsp3) is 0.438. The summed E-state index contributed by atoms with van der Waals surface area (Å²) in [5.41, 5.74) is 0.206. The number of aldehydes is 1. The van der Waals surface area contributed by atoms with E-state index in [1.54, 1.807) is 0 Å². The molecule has 0 amide bonds. The van der Waals surface area contributed by atoms with Gasteiger partial charge in [0.1, 0.15) is 5.75 Å². The summed E-state index contributed by atoms with van der Waals surface area (Å²) < 4.78 is 10.1. The maximum Gasteiger partial charge on any atom is 0.311 e. The van der Waals surface area contributed by atoms with E-state index in [1.807, 2.05) is 13.8 Å². The first kappa shape index (κ1) is 18.2. The van der Waals surface area contributed by atoms with Crippen LogP contribution in [0.25, 0.3) is 0 Å². The Kier molecular flexibility index (Phi) is 7.60. The number of rotatable bonds is 8. The van der Waals surface area contributed by atoms with Crippen LogP contribution in [0.4, 0.5) is 0 Å². The number of carbonyl (C=O) groups excluding carboxylic acids is 3. The molecule has 1 rings (SSSR count). The largest absolute Gasteiger partial charge is 0.465 e. The molecule has 0 bridgehead atoms. The molecule has 0 saturated heterocycles. The van der Waals surface area contributed by atoms with Crippen molar-refractivity contribution in [3.8, 4) is 5.75 Å². The van der Waals surface area contributed by atoms with E-state index in [0.29, 0.717) is 24.3 Å². The summed E-state index contributed by atoms with van der Waals surface area (Å²) in [5.74, 6) is -0.406. The van der Waals surface area contributed by atoms with Crippen molar-refractivity contribution in [1.82, 2.24) is 0 Å². The summed E-state index contributed by atoms with van der Waals surface area (Å²) in [5, 5.41) is 0.384. The number of benzene rings is 1. The summed E-state index contributed by atoms with van der Waals surface area (Å²) in [6.07, 6.45) is 1.12. The Morgan fingerprint density at radius 1 is 1.23 bits per heavy atom. The van der Waals surface area contributed by atoms with E-state index in [-0.39, 0.29) is 36.0 Å². The van der Waals surface area contributed by atoms with Crippen LogP contribution in [0, 0.1) is 5.92 Å². The normalized spacial score (nSPS) is 10.4. The quantitative estimate of drug-likeness (QED) is 0.416. The summed E-state index contributed by atoms with van der Waals surface area (Å²) in [4.78, 5) is 34.0. The van der Waals surface area contributed by atoms with E-state index in [9.17, 15) is 14.4 Å². The summed E-state index contributed by atoms with van der Waals surface area (Å²) >= 11 is 5.75. The van der Waals surface area contributed by atoms with E-state index in [1.165, 1.54) is 18.2 Å². The monoisotopic (exact) mass is 326 g/mol. The highest BCUT2D eigenvalue weighted by Crippen LogP contribution is 2.21. The fourth-order valence-electron chi connectivity index (χ4n) is 1.59. The number of halogens is 1. The van der Waals surface area contributed by atoms with Crippen LogP contribution < -0.4 is 4.74 Å². The van der Waals surface area contributed by atoms with E-state index < -0.39 is 5.97 Å². The van der Waals surface area contributed by atoms with Gasteiger partial charge in [0, 0.05) is 17.9 Å². The SMILES string of the molecule is CC(C)COC(=O)CCCC(=O)Oc1ccc(Cl)cc1C=O. The summed E-state index contributed by atoms with van der Waals surface area (Å²) in [6, 6.07) is 4.40. The van der Waals surface area contributed by atoms with Gasteiger partial charge in [0.2, 0.25) is 0 Å². The number of hydrogen-bond acceptors (Lipinski definition) is 5. The second-order valence-corrected chi connectivity index (χ2v) is 5.64. The van der Waals surface area contributed by atoms with Crippen molar-refractivity contribution in [3.05, 3.63) is 28.8 Å². The highest BCUT2D eigenvalue weighted by molar-refractivity contribution is 6.30. The zero-order valence-corrected chi connectivity index (χ0v) is 13.4. The molecule has 0 saturated carbocycles. The minimum absolute atomic E-state index is 0.0672.